The van der Waals surface area contributed by atoms with Gasteiger partial charge in [0.25, 0.3) is 5.91 Å². The molecule has 0 bridgehead atoms. The number of esters is 1. The Kier molecular flexibility index (Phi) is 6.56. The van der Waals surface area contributed by atoms with Gasteiger partial charge in [0, 0.05) is 13.1 Å². The minimum atomic E-state index is -0.986. The van der Waals surface area contributed by atoms with E-state index >= 15 is 0 Å². The summed E-state index contributed by atoms with van der Waals surface area (Å²) in [6.45, 7) is 8.08. The molecular formula is C22H31N5O6S. The third-order valence-electron chi connectivity index (χ3n) is 6.45. The van der Waals surface area contributed by atoms with Crippen LogP contribution in [-0.2, 0) is 19.1 Å². The van der Waals surface area contributed by atoms with Crippen LogP contribution in [0.2, 0.25) is 0 Å². The summed E-state index contributed by atoms with van der Waals surface area (Å²) in [6.07, 6.45) is 2.03. The Morgan fingerprint density at radius 1 is 1.26 bits per heavy atom. The number of thiazole rings is 1. The molecule has 1 aliphatic carbocycles. The van der Waals surface area contributed by atoms with E-state index in [1.165, 1.54) is 7.11 Å². The predicted molar refractivity (Wildman–Crippen MR) is 125 cm³/mol. The standard InChI is InChI=1S/C22H31N5O6S/c1-13-9-21(2,3)12-22(10-13)18(30)27(19(31)25-22)11-14(28)23-16-15(17(29)32-4)34-20(24-16)26-5-7-33-8-6-26/h13H,5-12H2,1-4H3,(H,23,28)(H,25,31)/t13-,22-/m0/s1. The van der Waals surface area contributed by atoms with Crippen molar-refractivity contribution in [2.24, 2.45) is 11.3 Å². The smallest absolute Gasteiger partial charge is 0.352 e. The molecule has 2 N–H and O–H groups in total. The van der Waals surface area contributed by atoms with Gasteiger partial charge in [-0.05, 0) is 30.6 Å². The Bertz CT molecular complexity index is 1000. The van der Waals surface area contributed by atoms with Crippen molar-refractivity contribution in [3.05, 3.63) is 4.88 Å². The van der Waals surface area contributed by atoms with Gasteiger partial charge in [-0.15, -0.1) is 0 Å². The lowest BCUT2D eigenvalue weighted by molar-refractivity contribution is -0.136. The van der Waals surface area contributed by atoms with Crippen LogP contribution in [0.3, 0.4) is 0 Å². The van der Waals surface area contributed by atoms with Crippen molar-refractivity contribution in [1.82, 2.24) is 15.2 Å². The second-order valence-electron chi connectivity index (χ2n) is 10.1. The largest absolute Gasteiger partial charge is 0.465 e. The molecule has 34 heavy (non-hydrogen) atoms. The third-order valence-corrected chi connectivity index (χ3v) is 7.55. The molecule has 4 rings (SSSR count). The van der Waals surface area contributed by atoms with Crippen LogP contribution >= 0.6 is 11.3 Å². The number of amides is 4. The summed E-state index contributed by atoms with van der Waals surface area (Å²) in [5, 5.41) is 6.02. The number of rotatable bonds is 5. The van der Waals surface area contributed by atoms with Gasteiger partial charge in [-0.3, -0.25) is 14.5 Å². The monoisotopic (exact) mass is 493 g/mol. The number of nitrogens with zero attached hydrogens (tertiary/aromatic N) is 3. The number of ether oxygens (including phenoxy) is 2. The molecule has 0 radical (unpaired) electrons. The molecule has 3 aliphatic rings. The van der Waals surface area contributed by atoms with Crippen molar-refractivity contribution >= 4 is 46.1 Å². The number of carbonyl (C=O) groups excluding carboxylic acids is 4. The summed E-state index contributed by atoms with van der Waals surface area (Å²) in [7, 11) is 1.25. The number of urea groups is 1. The molecule has 1 spiro atoms. The first-order valence-electron chi connectivity index (χ1n) is 11.4. The van der Waals surface area contributed by atoms with Crippen molar-refractivity contribution < 1.29 is 28.7 Å². The van der Waals surface area contributed by atoms with Gasteiger partial charge in [-0.2, -0.15) is 0 Å². The number of hydrogen-bond donors (Lipinski definition) is 2. The topological polar surface area (TPSA) is 130 Å². The highest BCUT2D eigenvalue weighted by Gasteiger charge is 2.56. The van der Waals surface area contributed by atoms with Crippen molar-refractivity contribution in [3.8, 4) is 0 Å². The maximum absolute atomic E-state index is 13.3. The minimum absolute atomic E-state index is 0.0533. The fraction of sp³-hybridized carbons (Fsp3) is 0.682. The second kappa shape index (κ2) is 9.14. The number of anilines is 2. The zero-order valence-corrected chi connectivity index (χ0v) is 20.8. The maximum atomic E-state index is 13.3. The summed E-state index contributed by atoms with van der Waals surface area (Å²) in [5.41, 5.74) is -1.09. The Hall–Kier alpha value is -2.73. The highest BCUT2D eigenvalue weighted by Crippen LogP contribution is 2.46. The molecule has 1 aromatic heterocycles. The summed E-state index contributed by atoms with van der Waals surface area (Å²) in [4.78, 5) is 58.6. The second-order valence-corrected chi connectivity index (χ2v) is 11.0. The fourth-order valence-corrected chi connectivity index (χ4v) is 6.47. The molecule has 4 amide bonds. The Balaban J connectivity index is 1.49. The molecule has 11 nitrogen and oxygen atoms in total. The van der Waals surface area contributed by atoms with Gasteiger partial charge in [0.2, 0.25) is 5.91 Å². The lowest BCUT2D eigenvalue weighted by Gasteiger charge is -2.43. The number of imide groups is 1. The van der Waals surface area contributed by atoms with Crippen molar-refractivity contribution in [1.29, 1.82) is 0 Å². The molecule has 3 heterocycles. The molecule has 1 saturated carbocycles. The van der Waals surface area contributed by atoms with E-state index in [2.05, 4.69) is 36.4 Å². The van der Waals surface area contributed by atoms with Crippen LogP contribution in [0.15, 0.2) is 0 Å². The summed E-state index contributed by atoms with van der Waals surface area (Å²) in [6, 6.07) is -0.578. The van der Waals surface area contributed by atoms with Crippen LogP contribution in [0.4, 0.5) is 15.7 Å². The van der Waals surface area contributed by atoms with Crippen LogP contribution in [-0.4, -0.2) is 79.2 Å². The van der Waals surface area contributed by atoms with E-state index in [0.29, 0.717) is 44.3 Å². The molecule has 3 fully saturated rings. The number of methoxy groups -OCH3 is 1. The van der Waals surface area contributed by atoms with Crippen LogP contribution in [0.5, 0.6) is 0 Å². The number of morpholine rings is 1. The van der Waals surface area contributed by atoms with E-state index < -0.39 is 30.0 Å². The molecule has 2 aliphatic heterocycles. The lowest BCUT2D eigenvalue weighted by atomic mass is 9.64. The number of nitrogens with one attached hydrogen (secondary N) is 2. The van der Waals surface area contributed by atoms with E-state index in [0.717, 1.165) is 22.7 Å². The molecule has 2 saturated heterocycles. The quantitative estimate of drug-likeness (QED) is 0.469. The Morgan fingerprint density at radius 2 is 1.97 bits per heavy atom. The van der Waals surface area contributed by atoms with Crippen LogP contribution in [0.1, 0.15) is 49.7 Å². The highest BCUT2D eigenvalue weighted by atomic mass is 32.1. The average Bonchev–Trinajstić information content (AvgIpc) is 3.27. The first kappa shape index (κ1) is 24.4. The van der Waals surface area contributed by atoms with Crippen molar-refractivity contribution in [3.63, 3.8) is 0 Å². The van der Waals surface area contributed by atoms with Gasteiger partial charge in [-0.1, -0.05) is 32.1 Å². The van der Waals surface area contributed by atoms with Crippen LogP contribution < -0.4 is 15.5 Å². The van der Waals surface area contributed by atoms with Crippen LogP contribution in [0.25, 0.3) is 0 Å². The van der Waals surface area contributed by atoms with Gasteiger partial charge < -0.3 is 25.0 Å². The zero-order chi connectivity index (χ0) is 24.7. The zero-order valence-electron chi connectivity index (χ0n) is 19.9. The molecule has 0 unspecified atom stereocenters. The van der Waals surface area contributed by atoms with Crippen molar-refractivity contribution in [2.75, 3.05) is 50.2 Å². The lowest BCUT2D eigenvalue weighted by Crippen LogP contribution is -2.54. The molecular weight excluding hydrogens is 462 g/mol. The van der Waals surface area contributed by atoms with Gasteiger partial charge in [0.05, 0.1) is 20.3 Å². The number of hydrogen-bond acceptors (Lipinski definition) is 9. The average molecular weight is 494 g/mol. The first-order chi connectivity index (χ1) is 16.0. The van der Waals surface area contributed by atoms with Gasteiger partial charge in [0.1, 0.15) is 12.1 Å². The third kappa shape index (κ3) is 4.74. The SMILES string of the molecule is COC(=O)c1sc(N2CCOCC2)nc1NC(=O)CN1C(=O)N[C@]2(C[C@@H](C)CC(C)(C)C2)C1=O. The summed E-state index contributed by atoms with van der Waals surface area (Å²) in [5.74, 6) is -1.31. The number of carbonyl (C=O) groups is 4. The Morgan fingerprint density at radius 3 is 2.62 bits per heavy atom. The van der Waals surface area contributed by atoms with E-state index in [1.54, 1.807) is 0 Å². The van der Waals surface area contributed by atoms with Gasteiger partial charge in [0.15, 0.2) is 15.8 Å². The van der Waals surface area contributed by atoms with E-state index in [4.69, 9.17) is 9.47 Å². The number of aromatic nitrogens is 1. The molecule has 186 valence electrons. The van der Waals surface area contributed by atoms with Crippen LogP contribution in [0, 0.1) is 11.3 Å². The minimum Gasteiger partial charge on any atom is -0.465 e. The normalized spacial score (nSPS) is 26.5. The fourth-order valence-electron chi connectivity index (χ4n) is 5.48. The molecule has 1 aromatic rings. The van der Waals surface area contributed by atoms with Crippen molar-refractivity contribution in [2.45, 2.75) is 45.6 Å². The predicted octanol–water partition coefficient (Wildman–Crippen LogP) is 1.84. The van der Waals surface area contributed by atoms with E-state index in [1.807, 2.05) is 4.90 Å². The maximum Gasteiger partial charge on any atom is 0.352 e. The molecule has 2 atom stereocenters. The van der Waals surface area contributed by atoms with E-state index in [9.17, 15) is 19.2 Å². The Labute approximate surface area is 202 Å². The van der Waals surface area contributed by atoms with E-state index in [-0.39, 0.29) is 27.9 Å². The first-order valence-corrected chi connectivity index (χ1v) is 12.2. The molecule has 12 heteroatoms. The van der Waals surface area contributed by atoms with Gasteiger partial charge in [-0.25, -0.2) is 14.6 Å². The summed E-state index contributed by atoms with van der Waals surface area (Å²) >= 11 is 1.11. The molecule has 0 aromatic carbocycles. The highest BCUT2D eigenvalue weighted by molar-refractivity contribution is 7.18. The summed E-state index contributed by atoms with van der Waals surface area (Å²) < 4.78 is 10.2. The van der Waals surface area contributed by atoms with Gasteiger partial charge >= 0.3 is 12.0 Å².